The molecule has 1 saturated carbocycles. The van der Waals surface area contributed by atoms with E-state index in [-0.39, 0.29) is 11.9 Å². The largest absolute Gasteiger partial charge is 0.338 e. The van der Waals surface area contributed by atoms with Gasteiger partial charge in [0.15, 0.2) is 15.7 Å². The van der Waals surface area contributed by atoms with Gasteiger partial charge in [0.2, 0.25) is 5.89 Å². The minimum atomic E-state index is -3.20. The van der Waals surface area contributed by atoms with Gasteiger partial charge in [-0.3, -0.25) is 0 Å². The number of sulfone groups is 1. The first-order valence-corrected chi connectivity index (χ1v) is 7.61. The summed E-state index contributed by atoms with van der Waals surface area (Å²) in [6, 6.07) is -0.282. The molecule has 1 heterocycles. The Morgan fingerprint density at radius 2 is 2.18 bits per heavy atom. The first kappa shape index (κ1) is 12.5. The molecule has 1 aliphatic rings. The fraction of sp³-hybridized carbons (Fsp3) is 0.800. The summed E-state index contributed by atoms with van der Waals surface area (Å²) in [5, 5.41) is 2.93. The molecule has 0 saturated heterocycles. The number of rotatable bonds is 5. The quantitative estimate of drug-likeness (QED) is 0.846. The Labute approximate surface area is 100 Å². The molecule has 0 amide bonds. The second kappa shape index (κ2) is 4.38. The van der Waals surface area contributed by atoms with Gasteiger partial charge in [0.05, 0.1) is 6.04 Å². The maximum Gasteiger partial charge on any atom is 0.243 e. The Balaban J connectivity index is 2.09. The lowest BCUT2D eigenvalue weighted by Gasteiger charge is -2.04. The third kappa shape index (κ3) is 3.04. The number of hydrogen-bond donors (Lipinski definition) is 1. The molecule has 1 aromatic rings. The third-order valence-corrected chi connectivity index (χ3v) is 4.56. The summed E-state index contributed by atoms with van der Waals surface area (Å²) in [6.45, 7) is 1.54. The molecule has 1 aliphatic carbocycles. The lowest BCUT2D eigenvalue weighted by molar-refractivity contribution is 0.340. The first-order chi connectivity index (χ1) is 7.88. The van der Waals surface area contributed by atoms with E-state index >= 15 is 0 Å². The van der Waals surface area contributed by atoms with Crippen molar-refractivity contribution in [3.05, 3.63) is 11.7 Å². The Hall–Kier alpha value is -0.950. The number of hydrogen-bond acceptors (Lipinski definition) is 6. The van der Waals surface area contributed by atoms with Crippen LogP contribution in [0.3, 0.4) is 0 Å². The molecule has 0 spiro atoms. The summed E-state index contributed by atoms with van der Waals surface area (Å²) < 4.78 is 27.7. The minimum Gasteiger partial charge on any atom is -0.338 e. The summed E-state index contributed by atoms with van der Waals surface area (Å²) in [5.74, 6) is 1.18. The highest BCUT2D eigenvalue weighted by atomic mass is 32.2. The van der Waals surface area contributed by atoms with Crippen molar-refractivity contribution in [2.24, 2.45) is 11.7 Å². The van der Waals surface area contributed by atoms with E-state index in [1.54, 1.807) is 0 Å². The van der Waals surface area contributed by atoms with Crippen LogP contribution in [0.4, 0.5) is 0 Å². The molecular formula is C10H17N3O3S. The molecule has 17 heavy (non-hydrogen) atoms. The van der Waals surface area contributed by atoms with Gasteiger partial charge in [0, 0.05) is 6.26 Å². The average molecular weight is 259 g/mol. The van der Waals surface area contributed by atoms with Crippen LogP contribution in [0.2, 0.25) is 0 Å². The van der Waals surface area contributed by atoms with Crippen molar-refractivity contribution in [1.82, 2.24) is 10.1 Å². The molecular weight excluding hydrogens is 242 g/mol. The van der Waals surface area contributed by atoms with Crippen molar-refractivity contribution < 1.29 is 12.9 Å². The van der Waals surface area contributed by atoms with Crippen molar-refractivity contribution in [2.75, 3.05) is 6.26 Å². The van der Waals surface area contributed by atoms with Crippen LogP contribution in [-0.2, 0) is 9.84 Å². The van der Waals surface area contributed by atoms with Gasteiger partial charge in [-0.1, -0.05) is 18.0 Å². The Bertz CT molecular complexity index is 493. The molecule has 0 radical (unpaired) electrons. The zero-order valence-electron chi connectivity index (χ0n) is 9.96. The number of nitrogens with zero attached hydrogens (tertiary/aromatic N) is 2. The molecule has 1 aromatic heterocycles. The maximum atomic E-state index is 11.3. The molecule has 2 unspecified atom stereocenters. The van der Waals surface area contributed by atoms with E-state index in [0.717, 1.165) is 12.7 Å². The summed E-state index contributed by atoms with van der Waals surface area (Å²) in [4.78, 5) is 4.08. The number of aromatic nitrogens is 2. The molecule has 2 rings (SSSR count). The zero-order chi connectivity index (χ0) is 12.6. The van der Waals surface area contributed by atoms with Crippen LogP contribution >= 0.6 is 0 Å². The normalized spacial score (nSPS) is 20.2. The number of nitrogens with two attached hydrogens (primary N) is 1. The van der Waals surface area contributed by atoms with Gasteiger partial charge in [0.1, 0.15) is 5.25 Å². The van der Waals surface area contributed by atoms with E-state index in [4.69, 9.17) is 10.3 Å². The SMILES string of the molecule is CC(c1noc(C(N)CC2CC2)n1)S(C)(=O)=O. The molecule has 2 atom stereocenters. The van der Waals surface area contributed by atoms with Crippen LogP contribution in [-0.4, -0.2) is 24.8 Å². The van der Waals surface area contributed by atoms with Crippen LogP contribution in [0.15, 0.2) is 4.52 Å². The lowest BCUT2D eigenvalue weighted by atomic mass is 10.1. The van der Waals surface area contributed by atoms with E-state index in [1.165, 1.54) is 19.8 Å². The lowest BCUT2D eigenvalue weighted by Crippen LogP contribution is -2.13. The molecule has 0 aromatic carbocycles. The average Bonchev–Trinajstić information content (AvgIpc) is 2.91. The molecule has 0 aliphatic heterocycles. The van der Waals surface area contributed by atoms with Crippen molar-refractivity contribution in [1.29, 1.82) is 0 Å². The van der Waals surface area contributed by atoms with Crippen molar-refractivity contribution in [2.45, 2.75) is 37.5 Å². The maximum absolute atomic E-state index is 11.3. The van der Waals surface area contributed by atoms with Gasteiger partial charge in [-0.15, -0.1) is 0 Å². The van der Waals surface area contributed by atoms with Crippen molar-refractivity contribution >= 4 is 9.84 Å². The van der Waals surface area contributed by atoms with E-state index in [9.17, 15) is 8.42 Å². The topological polar surface area (TPSA) is 99.1 Å². The minimum absolute atomic E-state index is 0.189. The Kier molecular flexibility index (Phi) is 3.22. The summed E-state index contributed by atoms with van der Waals surface area (Å²) in [5.41, 5.74) is 5.91. The highest BCUT2D eigenvalue weighted by Gasteiger charge is 2.29. The van der Waals surface area contributed by atoms with Gasteiger partial charge in [-0.05, 0) is 19.3 Å². The molecule has 7 heteroatoms. The van der Waals surface area contributed by atoms with Crippen LogP contribution < -0.4 is 5.73 Å². The Morgan fingerprint density at radius 3 is 2.71 bits per heavy atom. The van der Waals surface area contributed by atoms with E-state index in [1.807, 2.05) is 0 Å². The van der Waals surface area contributed by atoms with Crippen molar-refractivity contribution in [3.63, 3.8) is 0 Å². The fourth-order valence-corrected chi connectivity index (χ4v) is 2.05. The van der Waals surface area contributed by atoms with Gasteiger partial charge in [0.25, 0.3) is 0 Å². The van der Waals surface area contributed by atoms with Gasteiger partial charge in [-0.25, -0.2) is 8.42 Å². The predicted octanol–water partition coefficient (Wildman–Crippen LogP) is 0.975. The van der Waals surface area contributed by atoms with E-state index < -0.39 is 15.1 Å². The van der Waals surface area contributed by atoms with Crippen LogP contribution in [0.1, 0.15) is 49.2 Å². The van der Waals surface area contributed by atoms with Gasteiger partial charge < -0.3 is 10.3 Å². The summed E-state index contributed by atoms with van der Waals surface area (Å²) in [6.07, 6.45) is 4.38. The van der Waals surface area contributed by atoms with E-state index in [0.29, 0.717) is 11.8 Å². The second-order valence-corrected chi connectivity index (χ2v) is 7.11. The van der Waals surface area contributed by atoms with Crippen molar-refractivity contribution in [3.8, 4) is 0 Å². The fourth-order valence-electron chi connectivity index (χ4n) is 1.57. The van der Waals surface area contributed by atoms with Crippen LogP contribution in [0, 0.1) is 5.92 Å². The van der Waals surface area contributed by atoms with Gasteiger partial charge >= 0.3 is 0 Å². The summed E-state index contributed by atoms with van der Waals surface area (Å²) >= 11 is 0. The molecule has 0 bridgehead atoms. The third-order valence-electron chi connectivity index (χ3n) is 3.06. The highest BCUT2D eigenvalue weighted by molar-refractivity contribution is 7.90. The second-order valence-electron chi connectivity index (χ2n) is 4.75. The predicted molar refractivity (Wildman–Crippen MR) is 61.8 cm³/mol. The van der Waals surface area contributed by atoms with Crippen LogP contribution in [0.25, 0.3) is 0 Å². The zero-order valence-corrected chi connectivity index (χ0v) is 10.8. The smallest absolute Gasteiger partial charge is 0.243 e. The molecule has 2 N–H and O–H groups in total. The van der Waals surface area contributed by atoms with E-state index in [2.05, 4.69) is 10.1 Å². The molecule has 96 valence electrons. The molecule has 1 fully saturated rings. The first-order valence-electron chi connectivity index (χ1n) is 5.66. The van der Waals surface area contributed by atoms with Gasteiger partial charge in [-0.2, -0.15) is 4.98 Å². The highest BCUT2D eigenvalue weighted by Crippen LogP contribution is 2.36. The molecule has 6 nitrogen and oxygen atoms in total. The monoisotopic (exact) mass is 259 g/mol. The summed E-state index contributed by atoms with van der Waals surface area (Å²) in [7, 11) is -3.20. The van der Waals surface area contributed by atoms with Crippen LogP contribution in [0.5, 0.6) is 0 Å². The Morgan fingerprint density at radius 1 is 1.53 bits per heavy atom. The standard InChI is InChI=1S/C10H17N3O3S/c1-6(17(2,14)15)9-12-10(16-13-9)8(11)5-7-3-4-7/h6-8H,3-5,11H2,1-2H3.